The molecule has 1 amide bonds. The van der Waals surface area contributed by atoms with Gasteiger partial charge in [-0.1, -0.05) is 6.07 Å². The number of aromatic nitrogens is 1. The highest BCUT2D eigenvalue weighted by atomic mass is 16.2. The first kappa shape index (κ1) is 14.5. The van der Waals surface area contributed by atoms with Crippen LogP contribution in [0.5, 0.6) is 0 Å². The number of fused-ring (bicyclic) bond motifs is 1. The number of hydrogen-bond acceptors (Lipinski definition) is 3. The maximum absolute atomic E-state index is 12.4. The first-order chi connectivity index (χ1) is 10.1. The van der Waals surface area contributed by atoms with E-state index < -0.39 is 0 Å². The molecule has 0 unspecified atom stereocenters. The SMILES string of the molecule is CC(C)N1CC[C@H]2[C@H](CCC(=O)N2Cc2cccnc2)C1. The normalized spacial score (nSPS) is 27.0. The van der Waals surface area contributed by atoms with Crippen molar-refractivity contribution < 1.29 is 4.79 Å². The summed E-state index contributed by atoms with van der Waals surface area (Å²) in [6.07, 6.45) is 6.52. The summed E-state index contributed by atoms with van der Waals surface area (Å²) < 4.78 is 0. The number of rotatable bonds is 3. The lowest BCUT2D eigenvalue weighted by atomic mass is 9.83. The molecule has 0 bridgehead atoms. The van der Waals surface area contributed by atoms with Gasteiger partial charge in [0, 0.05) is 50.5 Å². The Labute approximate surface area is 127 Å². The van der Waals surface area contributed by atoms with Crippen molar-refractivity contribution in [1.29, 1.82) is 0 Å². The Morgan fingerprint density at radius 1 is 1.38 bits per heavy atom. The van der Waals surface area contributed by atoms with Crippen LogP contribution in [0.4, 0.5) is 0 Å². The van der Waals surface area contributed by atoms with E-state index in [-0.39, 0.29) is 0 Å². The van der Waals surface area contributed by atoms with Crippen molar-refractivity contribution in [2.75, 3.05) is 13.1 Å². The lowest BCUT2D eigenvalue weighted by molar-refractivity contribution is -0.142. The van der Waals surface area contributed by atoms with E-state index in [1.165, 1.54) is 0 Å². The van der Waals surface area contributed by atoms with Crippen LogP contribution in [0.1, 0.15) is 38.7 Å². The molecule has 2 atom stereocenters. The highest BCUT2D eigenvalue weighted by molar-refractivity contribution is 5.77. The minimum Gasteiger partial charge on any atom is -0.335 e. The average molecular weight is 287 g/mol. The van der Waals surface area contributed by atoms with E-state index in [1.54, 1.807) is 6.20 Å². The summed E-state index contributed by atoms with van der Waals surface area (Å²) in [5, 5.41) is 0. The van der Waals surface area contributed by atoms with Crippen LogP contribution < -0.4 is 0 Å². The lowest BCUT2D eigenvalue weighted by Gasteiger charge is -2.48. The monoisotopic (exact) mass is 287 g/mol. The number of pyridine rings is 1. The van der Waals surface area contributed by atoms with Crippen LogP contribution in [0, 0.1) is 5.92 Å². The molecule has 2 fully saturated rings. The van der Waals surface area contributed by atoms with Gasteiger partial charge in [-0.05, 0) is 44.2 Å². The van der Waals surface area contributed by atoms with Crippen molar-refractivity contribution in [2.24, 2.45) is 5.92 Å². The summed E-state index contributed by atoms with van der Waals surface area (Å²) in [6, 6.07) is 5.03. The van der Waals surface area contributed by atoms with E-state index in [2.05, 4.69) is 34.7 Å². The molecular weight excluding hydrogens is 262 g/mol. The summed E-state index contributed by atoms with van der Waals surface area (Å²) in [6.45, 7) is 7.49. The van der Waals surface area contributed by atoms with Crippen molar-refractivity contribution >= 4 is 5.91 Å². The molecule has 1 aromatic rings. The van der Waals surface area contributed by atoms with Crippen molar-refractivity contribution in [3.8, 4) is 0 Å². The topological polar surface area (TPSA) is 36.4 Å². The zero-order chi connectivity index (χ0) is 14.8. The lowest BCUT2D eigenvalue weighted by Crippen LogP contribution is -2.56. The molecule has 3 rings (SSSR count). The minimum absolute atomic E-state index is 0.318. The van der Waals surface area contributed by atoms with Gasteiger partial charge in [-0.2, -0.15) is 0 Å². The number of piperidine rings is 2. The zero-order valence-corrected chi connectivity index (χ0v) is 13.0. The van der Waals surface area contributed by atoms with Crippen LogP contribution in [-0.4, -0.2) is 45.9 Å². The van der Waals surface area contributed by atoms with Crippen LogP contribution >= 0.6 is 0 Å². The van der Waals surface area contributed by atoms with E-state index in [0.717, 1.165) is 38.0 Å². The van der Waals surface area contributed by atoms with Gasteiger partial charge in [0.1, 0.15) is 0 Å². The second-order valence-corrected chi connectivity index (χ2v) is 6.63. The summed E-state index contributed by atoms with van der Waals surface area (Å²) in [5.74, 6) is 0.952. The molecule has 0 aliphatic carbocycles. The molecule has 2 saturated heterocycles. The first-order valence-corrected chi connectivity index (χ1v) is 8.07. The molecular formula is C17H25N3O. The molecule has 1 aromatic heterocycles. The Morgan fingerprint density at radius 2 is 2.24 bits per heavy atom. The van der Waals surface area contributed by atoms with E-state index >= 15 is 0 Å². The summed E-state index contributed by atoms with van der Waals surface area (Å²) >= 11 is 0. The Bertz CT molecular complexity index is 488. The van der Waals surface area contributed by atoms with Crippen LogP contribution in [0.3, 0.4) is 0 Å². The van der Waals surface area contributed by atoms with Gasteiger partial charge in [-0.15, -0.1) is 0 Å². The first-order valence-electron chi connectivity index (χ1n) is 8.07. The van der Waals surface area contributed by atoms with E-state index in [1.807, 2.05) is 12.3 Å². The van der Waals surface area contributed by atoms with Gasteiger partial charge < -0.3 is 9.80 Å². The molecule has 4 nitrogen and oxygen atoms in total. The molecule has 0 radical (unpaired) electrons. The smallest absolute Gasteiger partial charge is 0.223 e. The Balaban J connectivity index is 1.72. The highest BCUT2D eigenvalue weighted by Crippen LogP contribution is 2.32. The second-order valence-electron chi connectivity index (χ2n) is 6.63. The highest BCUT2D eigenvalue weighted by Gasteiger charge is 2.39. The predicted molar refractivity (Wildman–Crippen MR) is 82.6 cm³/mol. The van der Waals surface area contributed by atoms with E-state index in [0.29, 0.717) is 30.3 Å². The average Bonchev–Trinajstić information content (AvgIpc) is 2.50. The van der Waals surface area contributed by atoms with Crippen molar-refractivity contribution in [3.05, 3.63) is 30.1 Å². The molecule has 2 aliphatic heterocycles. The number of hydrogen-bond donors (Lipinski definition) is 0. The second kappa shape index (κ2) is 6.14. The number of amides is 1. The fourth-order valence-electron chi connectivity index (χ4n) is 3.74. The van der Waals surface area contributed by atoms with Gasteiger partial charge in [-0.25, -0.2) is 0 Å². The number of nitrogens with zero attached hydrogens (tertiary/aromatic N) is 3. The van der Waals surface area contributed by atoms with Crippen LogP contribution in [0.25, 0.3) is 0 Å². The van der Waals surface area contributed by atoms with Gasteiger partial charge >= 0.3 is 0 Å². The number of carbonyl (C=O) groups is 1. The largest absolute Gasteiger partial charge is 0.335 e. The van der Waals surface area contributed by atoms with Gasteiger partial charge in [-0.3, -0.25) is 9.78 Å². The quantitative estimate of drug-likeness (QED) is 0.856. The number of carbonyl (C=O) groups excluding carboxylic acids is 1. The minimum atomic E-state index is 0.318. The molecule has 114 valence electrons. The fourth-order valence-corrected chi connectivity index (χ4v) is 3.74. The Morgan fingerprint density at radius 3 is 2.95 bits per heavy atom. The molecule has 21 heavy (non-hydrogen) atoms. The molecule has 0 N–H and O–H groups in total. The third kappa shape index (κ3) is 3.10. The fraction of sp³-hybridized carbons (Fsp3) is 0.647. The van der Waals surface area contributed by atoms with Crippen LogP contribution in [-0.2, 0) is 11.3 Å². The molecule has 2 aliphatic rings. The number of likely N-dealkylation sites (tertiary alicyclic amines) is 2. The van der Waals surface area contributed by atoms with Crippen molar-refractivity contribution in [1.82, 2.24) is 14.8 Å². The molecule has 0 saturated carbocycles. The third-order valence-corrected chi connectivity index (χ3v) is 4.98. The predicted octanol–water partition coefficient (Wildman–Crippen LogP) is 2.30. The van der Waals surface area contributed by atoms with E-state index in [9.17, 15) is 4.79 Å². The summed E-state index contributed by atoms with van der Waals surface area (Å²) in [7, 11) is 0. The van der Waals surface area contributed by atoms with Crippen LogP contribution in [0.15, 0.2) is 24.5 Å². The van der Waals surface area contributed by atoms with Crippen molar-refractivity contribution in [3.63, 3.8) is 0 Å². The molecule has 0 aromatic carbocycles. The Kier molecular flexibility index (Phi) is 4.24. The van der Waals surface area contributed by atoms with Gasteiger partial charge in [0.2, 0.25) is 5.91 Å². The molecule has 3 heterocycles. The van der Waals surface area contributed by atoms with Gasteiger partial charge in [0.15, 0.2) is 0 Å². The summed E-state index contributed by atoms with van der Waals surface area (Å²) in [5.41, 5.74) is 1.14. The standard InChI is InChI=1S/C17H25N3O/c1-13(2)19-9-7-16-15(12-19)5-6-17(21)20(16)11-14-4-3-8-18-10-14/h3-4,8,10,13,15-16H,5-7,9,11-12H2,1-2H3/t15-,16+/m1/s1. The van der Waals surface area contributed by atoms with Crippen molar-refractivity contribution in [2.45, 2.75) is 51.7 Å². The zero-order valence-electron chi connectivity index (χ0n) is 13.0. The summed E-state index contributed by atoms with van der Waals surface area (Å²) in [4.78, 5) is 21.2. The molecule has 0 spiro atoms. The van der Waals surface area contributed by atoms with Gasteiger partial charge in [0.05, 0.1) is 0 Å². The van der Waals surface area contributed by atoms with E-state index in [4.69, 9.17) is 0 Å². The Hall–Kier alpha value is -1.42. The maximum atomic E-state index is 12.4. The third-order valence-electron chi connectivity index (χ3n) is 4.98. The molecule has 4 heteroatoms. The van der Waals surface area contributed by atoms with Gasteiger partial charge in [0.25, 0.3) is 0 Å². The van der Waals surface area contributed by atoms with Crippen LogP contribution in [0.2, 0.25) is 0 Å². The maximum Gasteiger partial charge on any atom is 0.223 e.